The van der Waals surface area contributed by atoms with Crippen molar-refractivity contribution in [2.24, 2.45) is 0 Å². The minimum Gasteiger partial charge on any atom is -0.462 e. The van der Waals surface area contributed by atoms with Crippen LogP contribution < -0.4 is 10.9 Å². The van der Waals surface area contributed by atoms with E-state index in [4.69, 9.17) is 4.74 Å². The number of rotatable bonds is 4. The van der Waals surface area contributed by atoms with Crippen molar-refractivity contribution in [2.45, 2.75) is 6.92 Å². The van der Waals surface area contributed by atoms with Gasteiger partial charge in [0.2, 0.25) is 5.43 Å². The van der Waals surface area contributed by atoms with Crippen molar-refractivity contribution in [3.8, 4) is 0 Å². The van der Waals surface area contributed by atoms with Gasteiger partial charge in [0.15, 0.2) is 17.5 Å². The predicted octanol–water partition coefficient (Wildman–Crippen LogP) is 3.55. The predicted molar refractivity (Wildman–Crippen MR) is 103 cm³/mol. The molecule has 0 aliphatic rings. The first-order chi connectivity index (χ1) is 14.8. The van der Waals surface area contributed by atoms with Crippen molar-refractivity contribution in [3.05, 3.63) is 75.8 Å². The molecule has 0 atom stereocenters. The van der Waals surface area contributed by atoms with Crippen molar-refractivity contribution in [1.82, 2.24) is 14.6 Å². The van der Waals surface area contributed by atoms with Crippen LogP contribution >= 0.6 is 0 Å². The van der Waals surface area contributed by atoms with Gasteiger partial charge in [-0.3, -0.25) is 24.9 Å². The maximum absolute atomic E-state index is 14.6. The average Bonchev–Trinajstić information content (AvgIpc) is 2.74. The van der Waals surface area contributed by atoms with Gasteiger partial charge in [-0.2, -0.15) is 0 Å². The van der Waals surface area contributed by atoms with Crippen LogP contribution in [-0.4, -0.2) is 27.2 Å². The van der Waals surface area contributed by atoms with E-state index in [9.17, 15) is 27.2 Å². The summed E-state index contributed by atoms with van der Waals surface area (Å²) in [4.78, 5) is 32.8. The van der Waals surface area contributed by atoms with E-state index in [1.165, 1.54) is 25.4 Å². The van der Waals surface area contributed by atoms with Crippen LogP contribution in [0.15, 0.2) is 41.6 Å². The Labute approximate surface area is 170 Å². The molecular formula is C20H12F4N4O3. The van der Waals surface area contributed by atoms with Gasteiger partial charge in [0.05, 0.1) is 28.7 Å². The van der Waals surface area contributed by atoms with Crippen LogP contribution in [0.5, 0.6) is 0 Å². The number of nitrogens with one attached hydrogen (secondary N) is 1. The molecule has 0 unspecified atom stereocenters. The molecule has 0 bridgehead atoms. The molecule has 0 saturated carbocycles. The molecule has 0 saturated heterocycles. The number of hydrogen-bond donors (Lipinski definition) is 1. The molecule has 0 radical (unpaired) electrons. The summed E-state index contributed by atoms with van der Waals surface area (Å²) in [6, 6.07) is 2.75. The number of benzene rings is 2. The Kier molecular flexibility index (Phi) is 5.01. The SMILES string of the molecule is CCOC(=O)c1cn(Nc2cc3nccnc3cc2F)c2c(F)c(F)c(F)cc2c1=O. The zero-order valence-electron chi connectivity index (χ0n) is 15.7. The van der Waals surface area contributed by atoms with Gasteiger partial charge in [0, 0.05) is 24.7 Å². The highest BCUT2D eigenvalue weighted by Gasteiger charge is 2.23. The molecule has 0 aliphatic heterocycles. The Hall–Kier alpha value is -4.02. The van der Waals surface area contributed by atoms with Crippen LogP contribution in [-0.2, 0) is 4.74 Å². The van der Waals surface area contributed by atoms with Gasteiger partial charge in [0.25, 0.3) is 0 Å². The quantitative estimate of drug-likeness (QED) is 0.302. The van der Waals surface area contributed by atoms with Gasteiger partial charge in [-0.1, -0.05) is 0 Å². The smallest absolute Gasteiger partial charge is 0.343 e. The Balaban J connectivity index is 1.99. The zero-order chi connectivity index (χ0) is 22.3. The molecule has 7 nitrogen and oxygen atoms in total. The average molecular weight is 432 g/mol. The number of nitrogens with zero attached hydrogens (tertiary/aromatic N) is 3. The van der Waals surface area contributed by atoms with E-state index in [2.05, 4.69) is 15.4 Å². The van der Waals surface area contributed by atoms with E-state index in [-0.39, 0.29) is 23.3 Å². The molecule has 0 aliphatic carbocycles. The number of fused-ring (bicyclic) bond motifs is 2. The third-order valence-corrected chi connectivity index (χ3v) is 4.42. The summed E-state index contributed by atoms with van der Waals surface area (Å²) < 4.78 is 62.4. The maximum Gasteiger partial charge on any atom is 0.343 e. The van der Waals surface area contributed by atoms with Crippen molar-refractivity contribution in [1.29, 1.82) is 0 Å². The topological polar surface area (TPSA) is 86.1 Å². The number of aromatic nitrogens is 3. The Morgan fingerprint density at radius 3 is 2.39 bits per heavy atom. The van der Waals surface area contributed by atoms with Gasteiger partial charge in [-0.15, -0.1) is 0 Å². The van der Waals surface area contributed by atoms with E-state index in [1.807, 2.05) is 0 Å². The van der Waals surface area contributed by atoms with Gasteiger partial charge < -0.3 is 4.74 Å². The molecule has 2 aromatic carbocycles. The number of esters is 1. The normalized spacial score (nSPS) is 11.1. The molecule has 1 N–H and O–H groups in total. The summed E-state index contributed by atoms with van der Waals surface area (Å²) in [7, 11) is 0. The van der Waals surface area contributed by atoms with E-state index >= 15 is 0 Å². The lowest BCUT2D eigenvalue weighted by Crippen LogP contribution is -2.25. The van der Waals surface area contributed by atoms with Crippen molar-refractivity contribution >= 4 is 33.6 Å². The minimum absolute atomic E-state index is 0.0755. The van der Waals surface area contributed by atoms with Crippen molar-refractivity contribution in [3.63, 3.8) is 0 Å². The second-order valence-electron chi connectivity index (χ2n) is 6.33. The first-order valence-corrected chi connectivity index (χ1v) is 8.89. The molecule has 2 aromatic heterocycles. The van der Waals surface area contributed by atoms with Crippen LogP contribution in [0.4, 0.5) is 23.2 Å². The lowest BCUT2D eigenvalue weighted by molar-refractivity contribution is 0.0524. The molecule has 0 fully saturated rings. The number of carbonyl (C=O) groups excluding carboxylic acids is 1. The molecule has 11 heteroatoms. The van der Waals surface area contributed by atoms with Gasteiger partial charge in [0.1, 0.15) is 16.9 Å². The fourth-order valence-corrected chi connectivity index (χ4v) is 3.03. The lowest BCUT2D eigenvalue weighted by atomic mass is 10.1. The summed E-state index contributed by atoms with van der Waals surface area (Å²) in [6.07, 6.45) is 3.56. The molecule has 0 amide bonds. The molecule has 158 valence electrons. The van der Waals surface area contributed by atoms with Gasteiger partial charge in [-0.25, -0.2) is 22.4 Å². The van der Waals surface area contributed by atoms with Crippen LogP contribution in [0.2, 0.25) is 0 Å². The Morgan fingerprint density at radius 1 is 1.03 bits per heavy atom. The van der Waals surface area contributed by atoms with Gasteiger partial charge in [-0.05, 0) is 19.1 Å². The fourth-order valence-electron chi connectivity index (χ4n) is 3.03. The van der Waals surface area contributed by atoms with E-state index < -0.39 is 51.1 Å². The van der Waals surface area contributed by atoms with E-state index in [0.29, 0.717) is 10.7 Å². The monoisotopic (exact) mass is 432 g/mol. The zero-order valence-corrected chi connectivity index (χ0v) is 15.7. The van der Waals surface area contributed by atoms with E-state index in [1.54, 1.807) is 0 Å². The maximum atomic E-state index is 14.6. The summed E-state index contributed by atoms with van der Waals surface area (Å²) in [6.45, 7) is 1.42. The molecule has 31 heavy (non-hydrogen) atoms. The highest BCUT2D eigenvalue weighted by Crippen LogP contribution is 2.25. The first kappa shape index (κ1) is 20.3. The number of pyridine rings is 1. The van der Waals surface area contributed by atoms with Crippen molar-refractivity contribution < 1.29 is 27.1 Å². The largest absolute Gasteiger partial charge is 0.462 e. The number of anilines is 1. The van der Waals surface area contributed by atoms with E-state index in [0.717, 1.165) is 12.3 Å². The minimum atomic E-state index is -1.84. The van der Waals surface area contributed by atoms with Crippen LogP contribution in [0.3, 0.4) is 0 Å². The van der Waals surface area contributed by atoms with Crippen LogP contribution in [0.25, 0.3) is 21.9 Å². The second kappa shape index (κ2) is 7.67. The van der Waals surface area contributed by atoms with Gasteiger partial charge >= 0.3 is 5.97 Å². The summed E-state index contributed by atoms with van der Waals surface area (Å²) in [5.74, 6) is -7.06. The van der Waals surface area contributed by atoms with Crippen molar-refractivity contribution in [2.75, 3.05) is 12.0 Å². The summed E-state index contributed by atoms with van der Waals surface area (Å²) in [5.41, 5.74) is 0.330. The highest BCUT2D eigenvalue weighted by molar-refractivity contribution is 5.94. The number of carbonyl (C=O) groups is 1. The second-order valence-corrected chi connectivity index (χ2v) is 6.33. The first-order valence-electron chi connectivity index (χ1n) is 8.89. The molecule has 4 aromatic rings. The Bertz CT molecular complexity index is 1420. The summed E-state index contributed by atoms with van der Waals surface area (Å²) >= 11 is 0. The van der Waals surface area contributed by atoms with Crippen LogP contribution in [0, 0.1) is 23.3 Å². The molecule has 4 rings (SSSR count). The lowest BCUT2D eigenvalue weighted by Gasteiger charge is -2.17. The number of hydrogen-bond acceptors (Lipinski definition) is 6. The number of ether oxygens (including phenoxy) is 1. The number of halogens is 4. The molecule has 0 spiro atoms. The Morgan fingerprint density at radius 2 is 1.71 bits per heavy atom. The standard InChI is InChI=1S/C20H12F4N4O3/c1-2-31-20(30)10-8-28(18-9(19(10)29)5-12(22)16(23)17(18)24)27-13-7-15-14(6-11(13)21)25-3-4-26-15/h3-8,27H,2H2,1H3. The highest BCUT2D eigenvalue weighted by atomic mass is 19.2. The fraction of sp³-hybridized carbons (Fsp3) is 0.100. The third kappa shape index (κ3) is 3.43. The molecular weight excluding hydrogens is 420 g/mol. The summed E-state index contributed by atoms with van der Waals surface area (Å²) in [5, 5.41) is -0.643. The third-order valence-electron chi connectivity index (χ3n) is 4.42. The van der Waals surface area contributed by atoms with Crippen LogP contribution in [0.1, 0.15) is 17.3 Å². The molecule has 2 heterocycles.